The maximum absolute atomic E-state index is 13.4. The number of benzene rings is 3. The van der Waals surface area contributed by atoms with Crippen molar-refractivity contribution in [3.63, 3.8) is 0 Å². The Kier molecular flexibility index (Phi) is 14.9. The molecule has 0 unspecified atom stereocenters. The molecule has 1 aliphatic rings. The van der Waals surface area contributed by atoms with Gasteiger partial charge in [0.15, 0.2) is 0 Å². The third-order valence-electron chi connectivity index (χ3n) is 8.49. The lowest BCUT2D eigenvalue weighted by Gasteiger charge is -2.32. The number of anilines is 2. The van der Waals surface area contributed by atoms with Crippen LogP contribution in [0.25, 0.3) is 0 Å². The molecule has 12 heteroatoms. The van der Waals surface area contributed by atoms with Crippen molar-refractivity contribution in [3.8, 4) is 17.2 Å². The lowest BCUT2D eigenvalue weighted by atomic mass is 10.1. The van der Waals surface area contributed by atoms with E-state index in [0.29, 0.717) is 77.9 Å². The van der Waals surface area contributed by atoms with Crippen LogP contribution in [0.2, 0.25) is 0 Å². The lowest BCUT2D eigenvalue weighted by molar-refractivity contribution is -0.132. The predicted molar refractivity (Wildman–Crippen MR) is 194 cm³/mol. The zero-order valence-electron chi connectivity index (χ0n) is 29.7. The zero-order valence-corrected chi connectivity index (χ0v) is 29.7. The zero-order chi connectivity index (χ0) is 35.9. The molecule has 4 rings (SSSR count). The van der Waals surface area contributed by atoms with E-state index in [1.807, 2.05) is 30.0 Å². The summed E-state index contributed by atoms with van der Waals surface area (Å²) in [7, 11) is 5.17. The Labute approximate surface area is 295 Å². The van der Waals surface area contributed by atoms with Gasteiger partial charge in [-0.3, -0.25) is 14.4 Å². The summed E-state index contributed by atoms with van der Waals surface area (Å²) >= 11 is 0. The maximum Gasteiger partial charge on any atom is 0.259 e. The Morgan fingerprint density at radius 2 is 1.50 bits per heavy atom. The minimum Gasteiger partial charge on any atom is -0.497 e. The standard InChI is InChI=1S/C38H51N5O7/c1-27-10-14-33(35(23-27)50-21-7-5-6-9-36(44)43-19-17-42(2)18-20-43)41-37(45)28-11-15-32(29(24-28)26-47-3)40-38(46)31-13-12-30(48-4)25-34(31)49-22-8-16-39/h10-15,23-25H,5-9,16-22,26,39H2,1-4H3,(H,40,46)(H,41,45). The fourth-order valence-electron chi connectivity index (χ4n) is 5.52. The number of nitrogens with one attached hydrogen (secondary N) is 2. The SMILES string of the molecule is COCc1cc(C(=O)Nc2ccc(C)cc2OCCCCCC(=O)N2CCN(C)CC2)ccc1NC(=O)c1ccc(OC)cc1OCCCN. The minimum atomic E-state index is -0.381. The summed E-state index contributed by atoms with van der Waals surface area (Å²) < 4.78 is 22.6. The van der Waals surface area contributed by atoms with Crippen molar-refractivity contribution in [2.75, 3.05) is 77.8 Å². The number of carbonyl (C=O) groups is 3. The van der Waals surface area contributed by atoms with Crippen molar-refractivity contribution in [1.82, 2.24) is 9.80 Å². The second-order valence-electron chi connectivity index (χ2n) is 12.4. The first-order valence-electron chi connectivity index (χ1n) is 17.2. The van der Waals surface area contributed by atoms with Crippen LogP contribution >= 0.6 is 0 Å². The van der Waals surface area contributed by atoms with Gasteiger partial charge in [-0.05, 0) is 94.2 Å². The molecule has 12 nitrogen and oxygen atoms in total. The van der Waals surface area contributed by atoms with Gasteiger partial charge in [0.05, 0.1) is 38.2 Å². The molecule has 1 saturated heterocycles. The van der Waals surface area contributed by atoms with Gasteiger partial charge in [0, 0.05) is 62.6 Å². The number of aryl methyl sites for hydroxylation is 1. The van der Waals surface area contributed by atoms with Gasteiger partial charge in [-0.2, -0.15) is 0 Å². The molecule has 0 bridgehead atoms. The Hall–Kier alpha value is -4.65. The smallest absolute Gasteiger partial charge is 0.259 e. The summed E-state index contributed by atoms with van der Waals surface area (Å²) in [5.74, 6) is 1.03. The summed E-state index contributed by atoms with van der Waals surface area (Å²) in [5, 5.41) is 5.91. The van der Waals surface area contributed by atoms with Crippen LogP contribution in [0.15, 0.2) is 54.6 Å². The second kappa shape index (κ2) is 19.5. The van der Waals surface area contributed by atoms with Crippen LogP contribution in [0.4, 0.5) is 11.4 Å². The summed E-state index contributed by atoms with van der Waals surface area (Å²) in [4.78, 5) is 43.5. The van der Waals surface area contributed by atoms with Gasteiger partial charge >= 0.3 is 0 Å². The average molecular weight is 690 g/mol. The van der Waals surface area contributed by atoms with Gasteiger partial charge in [0.1, 0.15) is 17.2 Å². The molecular formula is C38H51N5O7. The molecule has 4 N–H and O–H groups in total. The number of hydrogen-bond acceptors (Lipinski definition) is 9. The topological polar surface area (TPSA) is 145 Å². The van der Waals surface area contributed by atoms with Gasteiger partial charge in [-0.1, -0.05) is 6.07 Å². The fraction of sp³-hybridized carbons (Fsp3) is 0.447. The molecule has 0 radical (unpaired) electrons. The Balaban J connectivity index is 1.36. The summed E-state index contributed by atoms with van der Waals surface area (Å²) in [6, 6.07) is 15.6. The van der Waals surface area contributed by atoms with Crippen molar-refractivity contribution in [2.24, 2.45) is 5.73 Å². The van der Waals surface area contributed by atoms with Crippen LogP contribution in [-0.2, 0) is 16.1 Å². The predicted octanol–water partition coefficient (Wildman–Crippen LogP) is 5.10. The molecule has 0 saturated carbocycles. The van der Waals surface area contributed by atoms with Crippen LogP contribution < -0.4 is 30.6 Å². The second-order valence-corrected chi connectivity index (χ2v) is 12.4. The van der Waals surface area contributed by atoms with E-state index in [4.69, 9.17) is 24.7 Å². The minimum absolute atomic E-state index is 0.166. The van der Waals surface area contributed by atoms with Crippen LogP contribution in [0, 0.1) is 6.92 Å². The summed E-state index contributed by atoms with van der Waals surface area (Å²) in [6.45, 7) is 6.86. The largest absolute Gasteiger partial charge is 0.497 e. The van der Waals surface area contributed by atoms with Crippen LogP contribution in [0.5, 0.6) is 17.2 Å². The molecule has 3 aromatic rings. The molecule has 1 fully saturated rings. The third kappa shape index (κ3) is 11.2. The molecule has 1 heterocycles. The van der Waals surface area contributed by atoms with Gasteiger partial charge in [0.25, 0.3) is 11.8 Å². The van der Waals surface area contributed by atoms with Crippen molar-refractivity contribution < 1.29 is 33.3 Å². The first-order chi connectivity index (χ1) is 24.2. The quantitative estimate of drug-likeness (QED) is 0.156. The van der Waals surface area contributed by atoms with E-state index in [0.717, 1.165) is 51.0 Å². The Morgan fingerprint density at radius 1 is 0.780 bits per heavy atom. The van der Waals surface area contributed by atoms with E-state index in [1.54, 1.807) is 50.6 Å². The van der Waals surface area contributed by atoms with Crippen LogP contribution in [0.3, 0.4) is 0 Å². The number of hydrogen-bond donors (Lipinski definition) is 3. The van der Waals surface area contributed by atoms with Crippen molar-refractivity contribution in [3.05, 3.63) is 76.9 Å². The number of nitrogens with two attached hydrogens (primary N) is 1. The highest BCUT2D eigenvalue weighted by Gasteiger charge is 2.20. The molecular weight excluding hydrogens is 638 g/mol. The first kappa shape index (κ1) is 38.2. The molecule has 50 heavy (non-hydrogen) atoms. The highest BCUT2D eigenvalue weighted by molar-refractivity contribution is 6.08. The van der Waals surface area contributed by atoms with Gasteiger partial charge in [-0.15, -0.1) is 0 Å². The Morgan fingerprint density at radius 3 is 2.24 bits per heavy atom. The highest BCUT2D eigenvalue weighted by atomic mass is 16.5. The van der Waals surface area contributed by atoms with Crippen molar-refractivity contribution in [2.45, 2.75) is 45.6 Å². The van der Waals surface area contributed by atoms with Gasteiger partial charge in [0.2, 0.25) is 5.91 Å². The summed E-state index contributed by atoms with van der Waals surface area (Å²) in [6.07, 6.45) is 3.67. The first-order valence-corrected chi connectivity index (χ1v) is 17.2. The number of likely N-dealkylation sites (N-methyl/N-ethyl adjacent to an activating group) is 1. The van der Waals surface area contributed by atoms with Crippen molar-refractivity contribution in [1.29, 1.82) is 0 Å². The van der Waals surface area contributed by atoms with Crippen LogP contribution in [-0.4, -0.2) is 94.7 Å². The number of unbranched alkanes of at least 4 members (excludes halogenated alkanes) is 2. The Bertz CT molecular complexity index is 1590. The molecule has 1 aliphatic heterocycles. The molecule has 0 aliphatic carbocycles. The molecule has 0 atom stereocenters. The van der Waals surface area contributed by atoms with E-state index in [2.05, 4.69) is 22.6 Å². The summed E-state index contributed by atoms with van der Waals surface area (Å²) in [5.41, 5.74) is 9.01. The van der Waals surface area contributed by atoms with E-state index in [-0.39, 0.29) is 24.3 Å². The van der Waals surface area contributed by atoms with Gasteiger partial charge < -0.3 is 45.1 Å². The average Bonchev–Trinajstić information content (AvgIpc) is 3.11. The fourth-order valence-corrected chi connectivity index (χ4v) is 5.52. The number of piperazine rings is 1. The van der Waals surface area contributed by atoms with Gasteiger partial charge in [-0.25, -0.2) is 0 Å². The molecule has 0 aromatic heterocycles. The number of ether oxygens (including phenoxy) is 4. The lowest BCUT2D eigenvalue weighted by Crippen LogP contribution is -2.47. The van der Waals surface area contributed by atoms with E-state index < -0.39 is 0 Å². The third-order valence-corrected chi connectivity index (χ3v) is 8.49. The number of nitrogens with zero attached hydrogens (tertiary/aromatic N) is 2. The van der Waals surface area contributed by atoms with Crippen molar-refractivity contribution >= 4 is 29.1 Å². The number of carbonyl (C=O) groups excluding carboxylic acids is 3. The van der Waals surface area contributed by atoms with E-state index >= 15 is 0 Å². The monoisotopic (exact) mass is 689 g/mol. The number of methoxy groups -OCH3 is 2. The molecule has 270 valence electrons. The molecule has 0 spiro atoms. The van der Waals surface area contributed by atoms with E-state index in [9.17, 15) is 14.4 Å². The molecule has 3 amide bonds. The number of rotatable bonds is 18. The maximum atomic E-state index is 13.4. The normalized spacial score (nSPS) is 13.1. The van der Waals surface area contributed by atoms with E-state index in [1.165, 1.54) is 0 Å². The number of amides is 3. The highest BCUT2D eigenvalue weighted by Crippen LogP contribution is 2.29. The molecule has 3 aromatic carbocycles. The van der Waals surface area contributed by atoms with Crippen LogP contribution in [0.1, 0.15) is 63.9 Å².